The highest BCUT2D eigenvalue weighted by Gasteiger charge is 2.13. The maximum atomic E-state index is 12.7. The SMILES string of the molecule is O=S(=O)(Cc1ccc(F)cc1)Cc1ccc(F)cc1. The van der Waals surface area contributed by atoms with Crippen molar-refractivity contribution in [3.8, 4) is 0 Å². The quantitative estimate of drug-likeness (QED) is 0.863. The fourth-order valence-corrected chi connectivity index (χ4v) is 3.22. The second-order valence-corrected chi connectivity index (χ2v) is 6.35. The van der Waals surface area contributed by atoms with Crippen molar-refractivity contribution in [3.05, 3.63) is 71.3 Å². The van der Waals surface area contributed by atoms with Gasteiger partial charge < -0.3 is 0 Å². The topological polar surface area (TPSA) is 34.1 Å². The van der Waals surface area contributed by atoms with Crippen LogP contribution in [0.25, 0.3) is 0 Å². The molecule has 0 heterocycles. The van der Waals surface area contributed by atoms with Crippen LogP contribution in [0, 0.1) is 11.6 Å². The molecule has 19 heavy (non-hydrogen) atoms. The van der Waals surface area contributed by atoms with Gasteiger partial charge >= 0.3 is 0 Å². The predicted octanol–water partition coefficient (Wildman–Crippen LogP) is 3.08. The van der Waals surface area contributed by atoms with Crippen molar-refractivity contribution in [3.63, 3.8) is 0 Å². The summed E-state index contributed by atoms with van der Waals surface area (Å²) in [6.07, 6.45) is 0. The van der Waals surface area contributed by atoms with Crippen LogP contribution in [0.3, 0.4) is 0 Å². The van der Waals surface area contributed by atoms with Crippen molar-refractivity contribution in [2.24, 2.45) is 0 Å². The Hall–Kier alpha value is -1.75. The number of sulfone groups is 1. The van der Waals surface area contributed by atoms with E-state index in [-0.39, 0.29) is 11.5 Å². The van der Waals surface area contributed by atoms with Gasteiger partial charge in [-0.1, -0.05) is 24.3 Å². The Kier molecular flexibility index (Phi) is 3.95. The van der Waals surface area contributed by atoms with Crippen molar-refractivity contribution in [2.75, 3.05) is 0 Å². The molecule has 0 aliphatic carbocycles. The van der Waals surface area contributed by atoms with E-state index >= 15 is 0 Å². The fraction of sp³-hybridized carbons (Fsp3) is 0.143. The van der Waals surface area contributed by atoms with E-state index in [9.17, 15) is 17.2 Å². The maximum absolute atomic E-state index is 12.7. The molecule has 0 spiro atoms. The van der Waals surface area contributed by atoms with Crippen LogP contribution in [0.4, 0.5) is 8.78 Å². The van der Waals surface area contributed by atoms with Gasteiger partial charge in [0, 0.05) is 0 Å². The van der Waals surface area contributed by atoms with Gasteiger partial charge in [-0.05, 0) is 35.4 Å². The molecule has 0 aliphatic heterocycles. The Labute approximate surface area is 110 Å². The molecule has 0 aliphatic rings. The highest BCUT2D eigenvalue weighted by atomic mass is 32.2. The predicted molar refractivity (Wildman–Crippen MR) is 69.1 cm³/mol. The second kappa shape index (κ2) is 5.48. The van der Waals surface area contributed by atoms with Crippen LogP contribution in [-0.4, -0.2) is 8.42 Å². The van der Waals surface area contributed by atoms with E-state index in [0.717, 1.165) is 0 Å². The second-order valence-electron chi connectivity index (χ2n) is 4.29. The first-order valence-corrected chi connectivity index (χ1v) is 7.46. The summed E-state index contributed by atoms with van der Waals surface area (Å²) < 4.78 is 49.3. The van der Waals surface area contributed by atoms with Crippen LogP contribution >= 0.6 is 0 Å². The molecule has 2 nitrogen and oxygen atoms in total. The average molecular weight is 282 g/mol. The van der Waals surface area contributed by atoms with Gasteiger partial charge in [-0.15, -0.1) is 0 Å². The molecule has 2 rings (SSSR count). The van der Waals surface area contributed by atoms with Gasteiger partial charge in [0.05, 0.1) is 11.5 Å². The molecule has 2 aromatic rings. The van der Waals surface area contributed by atoms with E-state index < -0.39 is 21.5 Å². The van der Waals surface area contributed by atoms with Crippen molar-refractivity contribution in [1.82, 2.24) is 0 Å². The Morgan fingerprint density at radius 2 is 1.00 bits per heavy atom. The van der Waals surface area contributed by atoms with Crippen LogP contribution in [-0.2, 0) is 21.3 Å². The molecule has 0 amide bonds. The third kappa shape index (κ3) is 4.13. The van der Waals surface area contributed by atoms with Crippen molar-refractivity contribution >= 4 is 9.84 Å². The molecule has 0 N–H and O–H groups in total. The Morgan fingerprint density at radius 1 is 0.684 bits per heavy atom. The lowest BCUT2D eigenvalue weighted by Crippen LogP contribution is -2.07. The summed E-state index contributed by atoms with van der Waals surface area (Å²) in [5.74, 6) is -1.13. The van der Waals surface area contributed by atoms with Gasteiger partial charge in [0.25, 0.3) is 0 Å². The molecular weight excluding hydrogens is 270 g/mol. The Bertz CT molecular complexity index is 593. The first-order chi connectivity index (χ1) is 8.94. The van der Waals surface area contributed by atoms with Crippen LogP contribution in [0.15, 0.2) is 48.5 Å². The van der Waals surface area contributed by atoms with E-state index in [0.29, 0.717) is 11.1 Å². The highest BCUT2D eigenvalue weighted by molar-refractivity contribution is 7.89. The third-order valence-electron chi connectivity index (χ3n) is 2.60. The number of hydrogen-bond acceptors (Lipinski definition) is 2. The standard InChI is InChI=1S/C14H12F2O2S/c15-13-5-1-11(2-6-13)9-19(17,18)10-12-3-7-14(16)8-4-12/h1-8H,9-10H2. The lowest BCUT2D eigenvalue weighted by atomic mass is 10.2. The third-order valence-corrected chi connectivity index (χ3v) is 4.15. The van der Waals surface area contributed by atoms with E-state index in [4.69, 9.17) is 0 Å². The zero-order chi connectivity index (χ0) is 13.9. The number of rotatable bonds is 4. The molecule has 100 valence electrons. The summed E-state index contributed by atoms with van der Waals surface area (Å²) in [5, 5.41) is 0. The summed E-state index contributed by atoms with van der Waals surface area (Å²) in [5.41, 5.74) is 1.06. The molecule has 0 aromatic heterocycles. The Balaban J connectivity index is 2.10. The molecule has 0 unspecified atom stereocenters. The molecular formula is C14H12F2O2S. The molecule has 5 heteroatoms. The minimum absolute atomic E-state index is 0.162. The van der Waals surface area contributed by atoms with Gasteiger partial charge in [0.2, 0.25) is 0 Å². The summed E-state index contributed by atoms with van der Waals surface area (Å²) in [6.45, 7) is 0. The van der Waals surface area contributed by atoms with Crippen LogP contribution < -0.4 is 0 Å². The summed E-state index contributed by atoms with van der Waals surface area (Å²) in [7, 11) is -3.36. The van der Waals surface area contributed by atoms with Gasteiger partial charge in [-0.3, -0.25) is 0 Å². The van der Waals surface area contributed by atoms with Crippen LogP contribution in [0.2, 0.25) is 0 Å². The zero-order valence-electron chi connectivity index (χ0n) is 10.0. The molecule has 2 aromatic carbocycles. The molecule has 0 saturated heterocycles. The monoisotopic (exact) mass is 282 g/mol. The van der Waals surface area contributed by atoms with E-state index in [2.05, 4.69) is 0 Å². The maximum Gasteiger partial charge on any atom is 0.158 e. The first-order valence-electron chi connectivity index (χ1n) is 5.64. The lowest BCUT2D eigenvalue weighted by Gasteiger charge is -2.05. The molecule has 0 fully saturated rings. The molecule has 0 bridgehead atoms. The van der Waals surface area contributed by atoms with Crippen molar-refractivity contribution in [2.45, 2.75) is 11.5 Å². The van der Waals surface area contributed by atoms with Crippen molar-refractivity contribution in [1.29, 1.82) is 0 Å². The first kappa shape index (κ1) is 13.7. The number of hydrogen-bond donors (Lipinski definition) is 0. The summed E-state index contributed by atoms with van der Waals surface area (Å²) in [4.78, 5) is 0. The minimum atomic E-state index is -3.36. The van der Waals surface area contributed by atoms with E-state index in [1.165, 1.54) is 48.5 Å². The minimum Gasteiger partial charge on any atom is -0.228 e. The lowest BCUT2D eigenvalue weighted by molar-refractivity contribution is 0.593. The normalized spacial score (nSPS) is 11.5. The van der Waals surface area contributed by atoms with Gasteiger partial charge in [-0.25, -0.2) is 17.2 Å². The average Bonchev–Trinajstić information content (AvgIpc) is 2.34. The smallest absolute Gasteiger partial charge is 0.158 e. The number of halogens is 2. The van der Waals surface area contributed by atoms with Crippen LogP contribution in [0.1, 0.15) is 11.1 Å². The fourth-order valence-electron chi connectivity index (χ4n) is 1.72. The van der Waals surface area contributed by atoms with Gasteiger partial charge in [-0.2, -0.15) is 0 Å². The highest BCUT2D eigenvalue weighted by Crippen LogP contribution is 2.13. The summed E-state index contributed by atoms with van der Waals surface area (Å²) >= 11 is 0. The van der Waals surface area contributed by atoms with Gasteiger partial charge in [0.1, 0.15) is 11.6 Å². The largest absolute Gasteiger partial charge is 0.228 e. The van der Waals surface area contributed by atoms with Crippen LogP contribution in [0.5, 0.6) is 0 Å². The van der Waals surface area contributed by atoms with E-state index in [1.807, 2.05) is 0 Å². The van der Waals surface area contributed by atoms with Crippen molar-refractivity contribution < 1.29 is 17.2 Å². The van der Waals surface area contributed by atoms with E-state index in [1.54, 1.807) is 0 Å². The molecule has 0 saturated carbocycles. The number of benzene rings is 2. The Morgan fingerprint density at radius 3 is 1.32 bits per heavy atom. The molecule has 0 radical (unpaired) electrons. The van der Waals surface area contributed by atoms with Gasteiger partial charge in [0.15, 0.2) is 9.84 Å². The molecule has 0 atom stereocenters. The zero-order valence-corrected chi connectivity index (χ0v) is 10.8. The summed E-state index contributed by atoms with van der Waals surface area (Å²) in [6, 6.07) is 10.7.